The first kappa shape index (κ1) is 23.9. The molecule has 2 rings (SSSR count). The van der Waals surface area contributed by atoms with Crippen LogP contribution in [0.15, 0.2) is 35.7 Å². The second kappa shape index (κ2) is 11.7. The normalized spacial score (nSPS) is 10.9. The monoisotopic (exact) mass is 431 g/mol. The minimum atomic E-state index is -0.127. The van der Waals surface area contributed by atoms with Crippen molar-refractivity contribution in [1.82, 2.24) is 4.90 Å². The van der Waals surface area contributed by atoms with E-state index in [1.165, 1.54) is 11.3 Å². The van der Waals surface area contributed by atoms with Crippen molar-refractivity contribution in [1.29, 1.82) is 0 Å². The molecule has 1 heterocycles. The number of ether oxygens (including phenoxy) is 1. The van der Waals surface area contributed by atoms with Gasteiger partial charge in [-0.2, -0.15) is 0 Å². The maximum atomic E-state index is 13.1. The SMILES string of the molecule is CCC(CC)C(=O)N(CCOC)Cc1cc(NC(=O)c2cccs2)ccc1N(C)C. The Morgan fingerprint density at radius 3 is 2.47 bits per heavy atom. The Morgan fingerprint density at radius 1 is 1.17 bits per heavy atom. The summed E-state index contributed by atoms with van der Waals surface area (Å²) in [6, 6.07) is 9.50. The molecule has 0 atom stereocenters. The third kappa shape index (κ3) is 6.31. The number of nitrogens with one attached hydrogen (secondary N) is 1. The zero-order valence-electron chi connectivity index (χ0n) is 18.6. The summed E-state index contributed by atoms with van der Waals surface area (Å²) in [7, 11) is 5.60. The number of anilines is 2. The average molecular weight is 432 g/mol. The number of thiophene rings is 1. The minimum absolute atomic E-state index is 0.00590. The maximum absolute atomic E-state index is 13.1. The number of hydrogen-bond acceptors (Lipinski definition) is 5. The number of amides is 2. The largest absolute Gasteiger partial charge is 0.383 e. The molecule has 0 saturated heterocycles. The summed E-state index contributed by atoms with van der Waals surface area (Å²) >= 11 is 1.41. The molecule has 0 spiro atoms. The molecule has 0 aliphatic rings. The smallest absolute Gasteiger partial charge is 0.265 e. The molecule has 30 heavy (non-hydrogen) atoms. The van der Waals surface area contributed by atoms with Crippen molar-refractivity contribution in [2.24, 2.45) is 5.92 Å². The van der Waals surface area contributed by atoms with Crippen LogP contribution >= 0.6 is 11.3 Å². The number of nitrogens with zero attached hydrogens (tertiary/aromatic N) is 2. The van der Waals surface area contributed by atoms with Crippen molar-refractivity contribution in [3.05, 3.63) is 46.2 Å². The molecular weight excluding hydrogens is 398 g/mol. The minimum Gasteiger partial charge on any atom is -0.383 e. The molecule has 164 valence electrons. The number of rotatable bonds is 11. The van der Waals surface area contributed by atoms with Crippen LogP contribution in [0.2, 0.25) is 0 Å². The van der Waals surface area contributed by atoms with E-state index in [1.54, 1.807) is 13.2 Å². The molecular formula is C23H33N3O3S. The molecule has 0 fully saturated rings. The highest BCUT2D eigenvalue weighted by molar-refractivity contribution is 7.12. The third-order valence-electron chi connectivity index (χ3n) is 5.14. The fourth-order valence-corrected chi connectivity index (χ4v) is 4.02. The Morgan fingerprint density at radius 2 is 1.90 bits per heavy atom. The fraction of sp³-hybridized carbons (Fsp3) is 0.478. The van der Waals surface area contributed by atoms with Crippen LogP contribution in [0.5, 0.6) is 0 Å². The predicted octanol–water partition coefficient (Wildman–Crippen LogP) is 4.48. The van der Waals surface area contributed by atoms with E-state index in [0.29, 0.717) is 24.6 Å². The Kier molecular flexibility index (Phi) is 9.33. The zero-order valence-corrected chi connectivity index (χ0v) is 19.4. The van der Waals surface area contributed by atoms with E-state index in [9.17, 15) is 9.59 Å². The first-order chi connectivity index (χ1) is 14.4. The summed E-state index contributed by atoms with van der Waals surface area (Å²) in [6.45, 7) is 5.58. The van der Waals surface area contributed by atoms with Gasteiger partial charge in [0.1, 0.15) is 0 Å². The van der Waals surface area contributed by atoms with Crippen molar-refractivity contribution in [2.75, 3.05) is 44.6 Å². The van der Waals surface area contributed by atoms with Gasteiger partial charge in [0.2, 0.25) is 5.91 Å². The third-order valence-corrected chi connectivity index (χ3v) is 6.01. The quantitative estimate of drug-likeness (QED) is 0.570. The van der Waals surface area contributed by atoms with E-state index < -0.39 is 0 Å². The standard InChI is InChI=1S/C23H33N3O3S/c1-6-17(7-2)23(28)26(12-13-29-5)16-18-15-19(10-11-20(18)25(3)4)24-22(27)21-9-8-14-30-21/h8-11,14-15,17H,6-7,12-13,16H2,1-5H3,(H,24,27). The van der Waals surface area contributed by atoms with Gasteiger partial charge in [0.25, 0.3) is 5.91 Å². The molecule has 2 amide bonds. The molecule has 1 aromatic heterocycles. The number of carbonyl (C=O) groups excluding carboxylic acids is 2. The highest BCUT2D eigenvalue weighted by atomic mass is 32.1. The summed E-state index contributed by atoms with van der Waals surface area (Å²) in [6.07, 6.45) is 1.63. The lowest BCUT2D eigenvalue weighted by Gasteiger charge is -2.28. The van der Waals surface area contributed by atoms with Crippen molar-refractivity contribution >= 4 is 34.5 Å². The molecule has 0 aliphatic heterocycles. The molecule has 0 saturated carbocycles. The fourth-order valence-electron chi connectivity index (χ4n) is 3.40. The molecule has 7 heteroatoms. The van der Waals surface area contributed by atoms with Crippen molar-refractivity contribution in [2.45, 2.75) is 33.2 Å². The summed E-state index contributed by atoms with van der Waals surface area (Å²) in [5.41, 5.74) is 2.72. The van der Waals surface area contributed by atoms with Gasteiger partial charge in [0.15, 0.2) is 0 Å². The lowest BCUT2D eigenvalue weighted by Crippen LogP contribution is -2.38. The van der Waals surface area contributed by atoms with Crippen molar-refractivity contribution in [3.8, 4) is 0 Å². The predicted molar refractivity (Wildman–Crippen MR) is 124 cm³/mol. The van der Waals surface area contributed by atoms with Crippen LogP contribution < -0.4 is 10.2 Å². The van der Waals surface area contributed by atoms with E-state index in [2.05, 4.69) is 5.32 Å². The van der Waals surface area contributed by atoms with Crippen LogP contribution in [0.1, 0.15) is 41.9 Å². The van der Waals surface area contributed by atoms with Crippen LogP contribution in [0.25, 0.3) is 0 Å². The Bertz CT molecular complexity index is 817. The Labute approximate surface area is 183 Å². The van der Waals surface area contributed by atoms with Gasteiger partial charge in [-0.15, -0.1) is 11.3 Å². The van der Waals surface area contributed by atoms with E-state index in [4.69, 9.17) is 4.74 Å². The van der Waals surface area contributed by atoms with Crippen molar-refractivity contribution in [3.63, 3.8) is 0 Å². The van der Waals surface area contributed by atoms with Gasteiger partial charge in [-0.25, -0.2) is 0 Å². The van der Waals surface area contributed by atoms with E-state index in [-0.39, 0.29) is 17.7 Å². The molecule has 0 aliphatic carbocycles. The van der Waals surface area contributed by atoms with Crippen LogP contribution in [0, 0.1) is 5.92 Å². The highest BCUT2D eigenvalue weighted by Gasteiger charge is 2.23. The second-order valence-electron chi connectivity index (χ2n) is 7.44. The first-order valence-electron chi connectivity index (χ1n) is 10.3. The lowest BCUT2D eigenvalue weighted by molar-refractivity contribution is -0.137. The summed E-state index contributed by atoms with van der Waals surface area (Å²) in [4.78, 5) is 30.1. The molecule has 2 aromatic rings. The molecule has 0 radical (unpaired) electrons. The Hall–Kier alpha value is -2.38. The van der Waals surface area contributed by atoms with Gasteiger partial charge in [-0.3, -0.25) is 9.59 Å². The second-order valence-corrected chi connectivity index (χ2v) is 8.38. The van der Waals surface area contributed by atoms with Gasteiger partial charge in [-0.1, -0.05) is 19.9 Å². The van der Waals surface area contributed by atoms with Gasteiger partial charge >= 0.3 is 0 Å². The van der Waals surface area contributed by atoms with Crippen LogP contribution in [0.3, 0.4) is 0 Å². The van der Waals surface area contributed by atoms with Gasteiger partial charge in [-0.05, 0) is 48.1 Å². The average Bonchev–Trinajstić information content (AvgIpc) is 3.27. The van der Waals surface area contributed by atoms with E-state index >= 15 is 0 Å². The zero-order chi connectivity index (χ0) is 22.1. The molecule has 0 bridgehead atoms. The number of methoxy groups -OCH3 is 1. The summed E-state index contributed by atoms with van der Waals surface area (Å²) < 4.78 is 5.24. The number of benzene rings is 1. The topological polar surface area (TPSA) is 61.9 Å². The molecule has 1 aromatic carbocycles. The van der Waals surface area contributed by atoms with Crippen LogP contribution in [-0.2, 0) is 16.1 Å². The van der Waals surface area contributed by atoms with Gasteiger partial charge in [0, 0.05) is 51.6 Å². The summed E-state index contributed by atoms with van der Waals surface area (Å²) in [5.74, 6) is 0.0269. The van der Waals surface area contributed by atoms with E-state index in [1.807, 2.05) is 67.4 Å². The van der Waals surface area contributed by atoms with Gasteiger partial charge in [0.05, 0.1) is 11.5 Å². The van der Waals surface area contributed by atoms with Crippen molar-refractivity contribution < 1.29 is 14.3 Å². The summed E-state index contributed by atoms with van der Waals surface area (Å²) in [5, 5.41) is 4.85. The maximum Gasteiger partial charge on any atom is 0.265 e. The van der Waals surface area contributed by atoms with Gasteiger partial charge < -0.3 is 19.9 Å². The number of carbonyl (C=O) groups is 2. The van der Waals surface area contributed by atoms with E-state index in [0.717, 1.165) is 29.8 Å². The van der Waals surface area contributed by atoms with Crippen LogP contribution in [-0.4, -0.2) is 51.1 Å². The highest BCUT2D eigenvalue weighted by Crippen LogP contribution is 2.26. The molecule has 0 unspecified atom stereocenters. The molecule has 6 nitrogen and oxygen atoms in total. The molecule has 1 N–H and O–H groups in total. The first-order valence-corrected chi connectivity index (χ1v) is 11.2. The van der Waals surface area contributed by atoms with Crippen LogP contribution in [0.4, 0.5) is 11.4 Å². The number of hydrogen-bond donors (Lipinski definition) is 1. The Balaban J connectivity index is 2.30. The lowest BCUT2D eigenvalue weighted by atomic mass is 10.0.